The van der Waals surface area contributed by atoms with Gasteiger partial charge in [-0.05, 0) is 38.2 Å². The van der Waals surface area contributed by atoms with Crippen LogP contribution in [-0.2, 0) is 0 Å². The summed E-state index contributed by atoms with van der Waals surface area (Å²) >= 11 is 0. The topological polar surface area (TPSA) is 0 Å². The molecule has 0 saturated carbocycles. The van der Waals surface area contributed by atoms with Crippen LogP contribution in [-0.4, -0.2) is 0 Å². The van der Waals surface area contributed by atoms with Gasteiger partial charge in [0.2, 0.25) is 0 Å². The van der Waals surface area contributed by atoms with Crippen LogP contribution in [0.5, 0.6) is 0 Å². The van der Waals surface area contributed by atoms with E-state index in [1.54, 1.807) is 0 Å². The van der Waals surface area contributed by atoms with Gasteiger partial charge in [0, 0.05) is 0 Å². The fourth-order valence-electron chi connectivity index (χ4n) is 1.20. The maximum atomic E-state index is 3.26. The van der Waals surface area contributed by atoms with Crippen molar-refractivity contribution in [2.24, 2.45) is 0 Å². The minimum absolute atomic E-state index is 1.02. The van der Waals surface area contributed by atoms with Crippen LogP contribution in [0.4, 0.5) is 0 Å². The molecular weight excluding hydrogens is 156 g/mol. The molecule has 0 heteroatoms. The molecule has 1 rings (SSSR count). The molecule has 0 fully saturated rings. The summed E-state index contributed by atoms with van der Waals surface area (Å²) in [4.78, 5) is 0. The van der Waals surface area contributed by atoms with Gasteiger partial charge in [0.15, 0.2) is 0 Å². The second kappa shape index (κ2) is 7.60. The summed E-state index contributed by atoms with van der Waals surface area (Å²) in [5, 5.41) is 0. The second-order valence-electron chi connectivity index (χ2n) is 3.14. The molecule has 1 radical (unpaired) electrons. The van der Waals surface area contributed by atoms with Crippen molar-refractivity contribution in [1.82, 2.24) is 0 Å². The average Bonchev–Trinajstić information content (AvgIpc) is 2.18. The molecule has 0 atom stereocenters. The molecule has 0 aromatic heterocycles. The van der Waals surface area contributed by atoms with Gasteiger partial charge in [-0.25, -0.2) is 0 Å². The van der Waals surface area contributed by atoms with Crippen LogP contribution < -0.4 is 0 Å². The lowest BCUT2D eigenvalue weighted by Gasteiger charge is -1.90. The van der Waals surface area contributed by atoms with Crippen molar-refractivity contribution in [2.75, 3.05) is 0 Å². The first kappa shape index (κ1) is 10.0. The van der Waals surface area contributed by atoms with E-state index in [-0.39, 0.29) is 0 Å². The Morgan fingerprint density at radius 3 is 2.69 bits per heavy atom. The number of hydrogen-bond acceptors (Lipinski definition) is 0. The molecule has 0 unspecified atom stereocenters. The van der Waals surface area contributed by atoms with Crippen LogP contribution in [0, 0.1) is 6.08 Å². The van der Waals surface area contributed by atoms with E-state index in [0.717, 1.165) is 12.8 Å². The highest BCUT2D eigenvalue weighted by Crippen LogP contribution is 2.02. The molecule has 0 nitrogen and oxygen atoms in total. The normalized spacial score (nSPS) is 28.9. The lowest BCUT2D eigenvalue weighted by atomic mass is 10.2. The van der Waals surface area contributed by atoms with E-state index in [2.05, 4.69) is 42.5 Å². The van der Waals surface area contributed by atoms with Crippen molar-refractivity contribution in [3.05, 3.63) is 48.6 Å². The van der Waals surface area contributed by atoms with E-state index >= 15 is 0 Å². The summed E-state index contributed by atoms with van der Waals surface area (Å²) in [6, 6.07) is 0. The summed E-state index contributed by atoms with van der Waals surface area (Å²) in [6.45, 7) is 0. The maximum absolute atomic E-state index is 3.26. The van der Waals surface area contributed by atoms with Crippen LogP contribution in [0.25, 0.3) is 0 Å². The van der Waals surface area contributed by atoms with Gasteiger partial charge >= 0.3 is 0 Å². The Hall–Kier alpha value is -1.04. The molecule has 0 bridgehead atoms. The minimum atomic E-state index is 1.02. The Balaban J connectivity index is 2.38. The maximum Gasteiger partial charge on any atom is -0.0163 e. The zero-order valence-electron chi connectivity index (χ0n) is 8.08. The van der Waals surface area contributed by atoms with E-state index < -0.39 is 0 Å². The number of hydrogen-bond donors (Lipinski definition) is 0. The van der Waals surface area contributed by atoms with E-state index in [1.165, 1.54) is 19.3 Å². The first-order valence-corrected chi connectivity index (χ1v) is 5.03. The molecule has 0 aromatic carbocycles. The monoisotopic (exact) mass is 173 g/mol. The molecule has 0 N–H and O–H groups in total. The summed E-state index contributed by atoms with van der Waals surface area (Å²) < 4.78 is 0. The molecule has 0 saturated heterocycles. The van der Waals surface area contributed by atoms with Crippen LogP contribution in [0.1, 0.15) is 32.1 Å². The standard InChI is InChI=1S/C13H17/c1-2-4-6-8-10-12-13-11-9-7-5-3-1/h1-4,7,9,11H,5-6,8,10,12H2/b3-1-,4-2+,9-7-,13-11?. The molecule has 1 aliphatic rings. The van der Waals surface area contributed by atoms with Gasteiger partial charge < -0.3 is 0 Å². The SMILES string of the molecule is [C]1=C/C=C\C/C=C\C=C\CCCC/1. The molecule has 0 spiro atoms. The lowest BCUT2D eigenvalue weighted by Crippen LogP contribution is -1.72. The third-order valence-corrected chi connectivity index (χ3v) is 1.95. The number of allylic oxidation sites excluding steroid dienone is 8. The van der Waals surface area contributed by atoms with Crippen LogP contribution in [0.3, 0.4) is 0 Å². The van der Waals surface area contributed by atoms with E-state index in [1.807, 2.05) is 6.08 Å². The zero-order chi connectivity index (χ0) is 9.19. The van der Waals surface area contributed by atoms with Gasteiger partial charge in [0.05, 0.1) is 0 Å². The smallest absolute Gasteiger partial charge is 0.0163 e. The molecule has 13 heavy (non-hydrogen) atoms. The highest BCUT2D eigenvalue weighted by molar-refractivity contribution is 5.07. The molecule has 0 aromatic rings. The van der Waals surface area contributed by atoms with Crippen molar-refractivity contribution in [1.29, 1.82) is 0 Å². The fraction of sp³-hybridized carbons (Fsp3) is 0.385. The van der Waals surface area contributed by atoms with Crippen molar-refractivity contribution in [3.63, 3.8) is 0 Å². The van der Waals surface area contributed by atoms with Gasteiger partial charge in [-0.2, -0.15) is 0 Å². The zero-order valence-corrected chi connectivity index (χ0v) is 8.08. The third-order valence-electron chi connectivity index (χ3n) is 1.95. The van der Waals surface area contributed by atoms with E-state index in [4.69, 9.17) is 0 Å². The molecular formula is C13H17. The van der Waals surface area contributed by atoms with Crippen molar-refractivity contribution < 1.29 is 0 Å². The molecule has 0 aliphatic heterocycles. The molecule has 0 heterocycles. The Morgan fingerprint density at radius 2 is 1.69 bits per heavy atom. The fourth-order valence-corrected chi connectivity index (χ4v) is 1.20. The summed E-state index contributed by atoms with van der Waals surface area (Å²) in [5.41, 5.74) is 0. The average molecular weight is 173 g/mol. The van der Waals surface area contributed by atoms with Crippen molar-refractivity contribution in [3.8, 4) is 0 Å². The molecule has 69 valence electrons. The Kier molecular flexibility index (Phi) is 5.87. The van der Waals surface area contributed by atoms with Crippen LogP contribution in [0.15, 0.2) is 42.5 Å². The number of rotatable bonds is 0. The minimum Gasteiger partial charge on any atom is -0.0845 e. The highest BCUT2D eigenvalue weighted by Gasteiger charge is 1.83. The van der Waals surface area contributed by atoms with E-state index in [9.17, 15) is 0 Å². The van der Waals surface area contributed by atoms with Gasteiger partial charge in [-0.1, -0.05) is 42.5 Å². The molecule has 1 aliphatic carbocycles. The van der Waals surface area contributed by atoms with Gasteiger partial charge in [-0.3, -0.25) is 0 Å². The Labute approximate surface area is 81.4 Å². The van der Waals surface area contributed by atoms with E-state index in [0.29, 0.717) is 0 Å². The van der Waals surface area contributed by atoms with Crippen LogP contribution >= 0.6 is 0 Å². The summed E-state index contributed by atoms with van der Waals surface area (Å²) in [7, 11) is 0. The van der Waals surface area contributed by atoms with Crippen molar-refractivity contribution >= 4 is 0 Å². The van der Waals surface area contributed by atoms with Crippen LogP contribution in [0.2, 0.25) is 0 Å². The highest BCUT2D eigenvalue weighted by atomic mass is 13.9. The first-order chi connectivity index (χ1) is 6.50. The lowest BCUT2D eigenvalue weighted by molar-refractivity contribution is 0.754. The quantitative estimate of drug-likeness (QED) is 0.520. The summed E-state index contributed by atoms with van der Waals surface area (Å²) in [5.74, 6) is 0. The van der Waals surface area contributed by atoms with Gasteiger partial charge in [0.25, 0.3) is 0 Å². The Bertz CT molecular complexity index is 192. The van der Waals surface area contributed by atoms with Gasteiger partial charge in [-0.15, -0.1) is 0 Å². The summed E-state index contributed by atoms with van der Waals surface area (Å²) in [6.07, 6.45) is 24.0. The third kappa shape index (κ3) is 6.15. The van der Waals surface area contributed by atoms with Gasteiger partial charge in [0.1, 0.15) is 0 Å². The largest absolute Gasteiger partial charge is 0.0845 e. The second-order valence-corrected chi connectivity index (χ2v) is 3.14. The Morgan fingerprint density at radius 1 is 0.846 bits per heavy atom. The molecule has 0 amide bonds. The predicted molar refractivity (Wildman–Crippen MR) is 58.3 cm³/mol. The van der Waals surface area contributed by atoms with Crippen molar-refractivity contribution in [2.45, 2.75) is 32.1 Å². The predicted octanol–water partition coefficient (Wildman–Crippen LogP) is 3.98. The first-order valence-electron chi connectivity index (χ1n) is 5.03.